The topological polar surface area (TPSA) is 23.5 Å². The summed E-state index contributed by atoms with van der Waals surface area (Å²) < 4.78 is 0. The lowest BCUT2D eigenvalue weighted by atomic mass is 9.77. The molecular formula is C9H13NO. The third-order valence-electron chi connectivity index (χ3n) is 4.73. The van der Waals surface area contributed by atoms with E-state index in [-0.39, 0.29) is 6.10 Å². The van der Waals surface area contributed by atoms with Crippen LogP contribution in [0.3, 0.4) is 0 Å². The Bertz CT molecular complexity index is 224. The zero-order chi connectivity index (χ0) is 7.16. The molecular weight excluding hydrogens is 138 g/mol. The van der Waals surface area contributed by atoms with Crippen molar-refractivity contribution in [3.8, 4) is 0 Å². The highest BCUT2D eigenvalue weighted by molar-refractivity contribution is 5.19. The summed E-state index contributed by atoms with van der Waals surface area (Å²) in [6.07, 6.45) is 1.40. The van der Waals surface area contributed by atoms with Gasteiger partial charge in [-0.15, -0.1) is 0 Å². The summed E-state index contributed by atoms with van der Waals surface area (Å²) in [5.74, 6) is 3.48. The second-order valence-electron chi connectivity index (χ2n) is 4.83. The van der Waals surface area contributed by atoms with Crippen LogP contribution in [0.5, 0.6) is 0 Å². The van der Waals surface area contributed by atoms with E-state index in [1.807, 2.05) is 0 Å². The molecule has 4 bridgehead atoms. The molecule has 4 fully saturated rings. The van der Waals surface area contributed by atoms with E-state index >= 15 is 0 Å². The van der Waals surface area contributed by atoms with Gasteiger partial charge in [-0.05, 0) is 30.1 Å². The van der Waals surface area contributed by atoms with E-state index in [2.05, 4.69) is 4.90 Å². The van der Waals surface area contributed by atoms with Crippen LogP contribution in [0.2, 0.25) is 0 Å². The summed E-state index contributed by atoms with van der Waals surface area (Å²) in [7, 11) is 0. The van der Waals surface area contributed by atoms with Crippen LogP contribution >= 0.6 is 0 Å². The molecule has 7 atom stereocenters. The molecule has 0 radical (unpaired) electrons. The van der Waals surface area contributed by atoms with Crippen molar-refractivity contribution in [1.29, 1.82) is 0 Å². The monoisotopic (exact) mass is 151 g/mol. The molecule has 0 amide bonds. The number of rotatable bonds is 0. The van der Waals surface area contributed by atoms with Gasteiger partial charge in [-0.2, -0.15) is 0 Å². The fraction of sp³-hybridized carbons (Fsp3) is 1.00. The Labute approximate surface area is 66.2 Å². The van der Waals surface area contributed by atoms with Crippen LogP contribution in [0.4, 0.5) is 0 Å². The molecule has 11 heavy (non-hydrogen) atoms. The summed E-state index contributed by atoms with van der Waals surface area (Å²) in [6.45, 7) is 2.63. The molecule has 2 heterocycles. The van der Waals surface area contributed by atoms with Gasteiger partial charge in [-0.3, -0.25) is 4.90 Å². The standard InChI is InChI=1S/C9H13NO/c11-9-5-1-4-6-2-10(8(4)9)3-7(5)6/h4-9,11H,1-3H2. The molecule has 0 spiro atoms. The van der Waals surface area contributed by atoms with Gasteiger partial charge in [0.25, 0.3) is 0 Å². The quantitative estimate of drug-likeness (QED) is 0.524. The fourth-order valence-corrected chi connectivity index (χ4v) is 4.48. The van der Waals surface area contributed by atoms with Crippen molar-refractivity contribution in [1.82, 2.24) is 4.90 Å². The van der Waals surface area contributed by atoms with Crippen molar-refractivity contribution in [2.45, 2.75) is 18.6 Å². The minimum atomic E-state index is 0.0532. The molecule has 2 aliphatic heterocycles. The first-order valence-electron chi connectivity index (χ1n) is 4.78. The zero-order valence-electron chi connectivity index (χ0n) is 6.48. The van der Waals surface area contributed by atoms with Gasteiger partial charge in [0.05, 0.1) is 6.10 Å². The number of nitrogens with zero attached hydrogens (tertiary/aromatic N) is 1. The van der Waals surface area contributed by atoms with Crippen LogP contribution in [-0.4, -0.2) is 35.2 Å². The van der Waals surface area contributed by atoms with Crippen molar-refractivity contribution in [2.24, 2.45) is 23.7 Å². The van der Waals surface area contributed by atoms with Gasteiger partial charge in [0.2, 0.25) is 0 Å². The van der Waals surface area contributed by atoms with Crippen molar-refractivity contribution in [3.63, 3.8) is 0 Å². The third kappa shape index (κ3) is 0.390. The molecule has 2 nitrogen and oxygen atoms in total. The molecule has 2 saturated carbocycles. The minimum Gasteiger partial charge on any atom is -0.391 e. The predicted octanol–water partition coefficient (Wildman–Crippen LogP) is -0.0728. The number of aliphatic hydroxyl groups excluding tert-OH is 1. The highest BCUT2D eigenvalue weighted by atomic mass is 16.3. The van der Waals surface area contributed by atoms with Crippen molar-refractivity contribution in [3.05, 3.63) is 0 Å². The highest BCUT2D eigenvalue weighted by Gasteiger charge is 2.68. The van der Waals surface area contributed by atoms with Gasteiger partial charge >= 0.3 is 0 Å². The first kappa shape index (κ1) is 5.55. The lowest BCUT2D eigenvalue weighted by Crippen LogP contribution is -2.50. The molecule has 0 aromatic heterocycles. The maximum absolute atomic E-state index is 9.86. The number of aliphatic hydroxyl groups is 1. The average molecular weight is 151 g/mol. The zero-order valence-corrected chi connectivity index (χ0v) is 6.48. The van der Waals surface area contributed by atoms with E-state index in [4.69, 9.17) is 0 Å². The molecule has 4 rings (SSSR count). The van der Waals surface area contributed by atoms with Crippen molar-refractivity contribution in [2.75, 3.05) is 13.1 Å². The summed E-state index contributed by atoms with van der Waals surface area (Å²) >= 11 is 0. The van der Waals surface area contributed by atoms with Crippen molar-refractivity contribution >= 4 is 0 Å². The summed E-state index contributed by atoms with van der Waals surface area (Å²) in [5, 5.41) is 9.86. The molecule has 4 aliphatic rings. The van der Waals surface area contributed by atoms with E-state index in [0.717, 1.165) is 17.8 Å². The van der Waals surface area contributed by atoms with Crippen molar-refractivity contribution < 1.29 is 5.11 Å². The molecule has 0 aromatic rings. The normalized spacial score (nSPS) is 75.5. The first-order valence-corrected chi connectivity index (χ1v) is 4.78. The number of fused-ring (bicyclic) bond motifs is 4. The second-order valence-corrected chi connectivity index (χ2v) is 4.83. The number of piperidine rings is 2. The Balaban J connectivity index is 1.94. The van der Waals surface area contributed by atoms with E-state index in [0.29, 0.717) is 12.0 Å². The Morgan fingerprint density at radius 2 is 1.73 bits per heavy atom. The van der Waals surface area contributed by atoms with E-state index < -0.39 is 0 Å². The van der Waals surface area contributed by atoms with Gasteiger partial charge < -0.3 is 5.11 Å². The van der Waals surface area contributed by atoms with Gasteiger partial charge in [0.1, 0.15) is 0 Å². The Hall–Kier alpha value is -0.0800. The summed E-state index contributed by atoms with van der Waals surface area (Å²) in [4.78, 5) is 2.54. The summed E-state index contributed by atoms with van der Waals surface area (Å²) in [5.41, 5.74) is 0. The second kappa shape index (κ2) is 1.38. The maximum Gasteiger partial charge on any atom is 0.0729 e. The molecule has 2 aliphatic carbocycles. The predicted molar refractivity (Wildman–Crippen MR) is 39.9 cm³/mol. The van der Waals surface area contributed by atoms with Crippen LogP contribution in [-0.2, 0) is 0 Å². The van der Waals surface area contributed by atoms with Crippen LogP contribution in [0, 0.1) is 23.7 Å². The van der Waals surface area contributed by atoms with E-state index in [1.54, 1.807) is 0 Å². The number of hydrogen-bond donors (Lipinski definition) is 1. The lowest BCUT2D eigenvalue weighted by Gasteiger charge is -2.39. The number of hydrogen-bond acceptors (Lipinski definition) is 2. The average Bonchev–Trinajstić information content (AvgIpc) is 2.53. The van der Waals surface area contributed by atoms with Gasteiger partial charge in [-0.1, -0.05) is 0 Å². The van der Waals surface area contributed by atoms with E-state index in [1.165, 1.54) is 19.5 Å². The Morgan fingerprint density at radius 1 is 1.00 bits per heavy atom. The SMILES string of the molecule is OC1C2CC3C4CN(CC24)C13. The molecule has 7 unspecified atom stereocenters. The molecule has 0 aromatic carbocycles. The molecule has 60 valence electrons. The third-order valence-corrected chi connectivity index (χ3v) is 4.73. The van der Waals surface area contributed by atoms with E-state index in [9.17, 15) is 5.11 Å². The van der Waals surface area contributed by atoms with Gasteiger partial charge in [0, 0.05) is 19.1 Å². The Kier molecular flexibility index (Phi) is 0.695. The minimum absolute atomic E-state index is 0.0532. The maximum atomic E-state index is 9.86. The molecule has 2 heteroatoms. The van der Waals surface area contributed by atoms with Crippen LogP contribution in [0.15, 0.2) is 0 Å². The highest BCUT2D eigenvalue weighted by Crippen LogP contribution is 2.62. The summed E-state index contributed by atoms with van der Waals surface area (Å²) in [6, 6.07) is 0.593. The van der Waals surface area contributed by atoms with Crippen LogP contribution < -0.4 is 0 Å². The van der Waals surface area contributed by atoms with Crippen LogP contribution in [0.25, 0.3) is 0 Å². The van der Waals surface area contributed by atoms with Crippen LogP contribution in [0.1, 0.15) is 6.42 Å². The Morgan fingerprint density at radius 3 is 2.36 bits per heavy atom. The fourth-order valence-electron chi connectivity index (χ4n) is 4.48. The lowest BCUT2D eigenvalue weighted by molar-refractivity contribution is -0.0169. The first-order chi connectivity index (χ1) is 5.36. The molecule has 1 N–H and O–H groups in total. The largest absolute Gasteiger partial charge is 0.391 e. The van der Waals surface area contributed by atoms with Gasteiger partial charge in [0.15, 0.2) is 0 Å². The van der Waals surface area contributed by atoms with Gasteiger partial charge in [-0.25, -0.2) is 0 Å². The smallest absolute Gasteiger partial charge is 0.0729 e. The molecule has 2 saturated heterocycles.